The molecule has 1 aromatic heterocycles. The van der Waals surface area contributed by atoms with Crippen LogP contribution in [0.25, 0.3) is 66.1 Å². The second-order valence-electron chi connectivity index (χ2n) is 16.4. The molecule has 0 bridgehead atoms. The van der Waals surface area contributed by atoms with E-state index in [0.29, 0.717) is 0 Å². The minimum absolute atomic E-state index is 0.561. The quantitative estimate of drug-likeness (QED) is 0.174. The van der Waals surface area contributed by atoms with Gasteiger partial charge in [-0.25, -0.2) is 0 Å². The Labute approximate surface area is 359 Å². The number of anilines is 3. The summed E-state index contributed by atoms with van der Waals surface area (Å²) < 4.78 is 13.1. The highest BCUT2D eigenvalue weighted by Crippen LogP contribution is 2.64. The fourth-order valence-electron chi connectivity index (χ4n) is 10.5. The summed E-state index contributed by atoms with van der Waals surface area (Å²) >= 11 is 0. The van der Waals surface area contributed by atoms with E-state index in [2.05, 4.69) is 217 Å². The molecule has 0 amide bonds. The van der Waals surface area contributed by atoms with E-state index in [9.17, 15) is 0 Å². The molecule has 0 atom stereocenters. The largest absolute Gasteiger partial charge is 0.457 e. The van der Waals surface area contributed by atoms with Crippen LogP contribution >= 0.6 is 0 Å². The van der Waals surface area contributed by atoms with Gasteiger partial charge in [0.2, 0.25) is 0 Å². The van der Waals surface area contributed by atoms with Gasteiger partial charge < -0.3 is 14.1 Å². The maximum Gasteiger partial charge on any atom is 0.137 e. The second-order valence-corrected chi connectivity index (χ2v) is 16.4. The van der Waals surface area contributed by atoms with Crippen molar-refractivity contribution in [1.29, 1.82) is 0 Å². The van der Waals surface area contributed by atoms with Crippen molar-refractivity contribution in [1.82, 2.24) is 0 Å². The SMILES string of the molecule is c1ccc(-c2ccc(N(c3ccc(-c4cccc5c4-c4c(ccc6ccccc46)C54c5ccccc5Oc5ccccc54)cc3)c3ccc4c(c3)oc3ccccc34)cc2)cc1. The normalized spacial score (nSPS) is 13.1. The average Bonchev–Trinajstić information content (AvgIpc) is 3.86. The number of nitrogens with zero attached hydrogens (tertiary/aromatic N) is 1. The minimum Gasteiger partial charge on any atom is -0.457 e. The van der Waals surface area contributed by atoms with E-state index in [-0.39, 0.29) is 0 Å². The topological polar surface area (TPSA) is 25.6 Å². The molecule has 0 N–H and O–H groups in total. The van der Waals surface area contributed by atoms with Crippen molar-refractivity contribution in [3.05, 3.63) is 247 Å². The Hall–Kier alpha value is -8.14. The Morgan fingerprint density at radius 3 is 1.66 bits per heavy atom. The molecule has 3 nitrogen and oxygen atoms in total. The zero-order chi connectivity index (χ0) is 40.8. The molecule has 0 fully saturated rings. The van der Waals surface area contributed by atoms with Gasteiger partial charge in [-0.3, -0.25) is 0 Å². The molecule has 0 unspecified atom stereocenters. The van der Waals surface area contributed by atoms with Gasteiger partial charge in [-0.1, -0.05) is 164 Å². The zero-order valence-corrected chi connectivity index (χ0v) is 33.6. The van der Waals surface area contributed by atoms with Gasteiger partial charge >= 0.3 is 0 Å². The highest BCUT2D eigenvalue weighted by Gasteiger charge is 2.52. The first-order chi connectivity index (χ1) is 30.7. The molecule has 0 radical (unpaired) electrons. The molecule has 0 saturated carbocycles. The van der Waals surface area contributed by atoms with Gasteiger partial charge in [0.15, 0.2) is 0 Å². The highest BCUT2D eigenvalue weighted by atomic mass is 16.5. The van der Waals surface area contributed by atoms with Gasteiger partial charge in [-0.2, -0.15) is 0 Å². The van der Waals surface area contributed by atoms with Gasteiger partial charge in [0.1, 0.15) is 22.7 Å². The maximum atomic E-state index is 6.66. The van der Waals surface area contributed by atoms with Crippen LogP contribution in [0.5, 0.6) is 11.5 Å². The van der Waals surface area contributed by atoms with Crippen LogP contribution in [0.15, 0.2) is 229 Å². The van der Waals surface area contributed by atoms with E-state index in [0.717, 1.165) is 67.2 Å². The third kappa shape index (κ3) is 5.00. The van der Waals surface area contributed by atoms with Crippen molar-refractivity contribution in [2.75, 3.05) is 4.90 Å². The van der Waals surface area contributed by atoms with Gasteiger partial charge in [0.05, 0.1) is 5.41 Å². The Balaban J connectivity index is 0.999. The fourth-order valence-corrected chi connectivity index (χ4v) is 10.5. The summed E-state index contributed by atoms with van der Waals surface area (Å²) in [6, 6.07) is 80.9. The van der Waals surface area contributed by atoms with Crippen molar-refractivity contribution in [3.63, 3.8) is 0 Å². The number of fused-ring (bicyclic) bond motifs is 14. The lowest BCUT2D eigenvalue weighted by Gasteiger charge is -2.39. The van der Waals surface area contributed by atoms with Crippen LogP contribution in [0, 0.1) is 0 Å². The molecule has 2 heterocycles. The third-order valence-electron chi connectivity index (χ3n) is 13.1. The number of para-hydroxylation sites is 3. The lowest BCUT2D eigenvalue weighted by molar-refractivity contribution is 0.436. The summed E-state index contributed by atoms with van der Waals surface area (Å²) in [5.74, 6) is 1.79. The molecule has 1 aliphatic carbocycles. The summed E-state index contributed by atoms with van der Waals surface area (Å²) in [7, 11) is 0. The van der Waals surface area contributed by atoms with E-state index in [1.165, 1.54) is 49.7 Å². The van der Waals surface area contributed by atoms with Crippen LogP contribution in [0.4, 0.5) is 17.1 Å². The Morgan fingerprint density at radius 2 is 0.903 bits per heavy atom. The molecule has 1 spiro atoms. The summed E-state index contributed by atoms with van der Waals surface area (Å²) in [5, 5.41) is 4.71. The summed E-state index contributed by atoms with van der Waals surface area (Å²) in [4.78, 5) is 2.33. The molecule has 3 heteroatoms. The first kappa shape index (κ1) is 34.7. The molecule has 0 saturated heterocycles. The summed E-state index contributed by atoms with van der Waals surface area (Å²) in [6.45, 7) is 0. The van der Waals surface area contributed by atoms with E-state index in [1.807, 2.05) is 12.1 Å². The lowest BCUT2D eigenvalue weighted by Crippen LogP contribution is -2.32. The van der Waals surface area contributed by atoms with Gasteiger partial charge in [0, 0.05) is 45.0 Å². The van der Waals surface area contributed by atoms with Gasteiger partial charge in [-0.15, -0.1) is 0 Å². The Bertz CT molecular complexity index is 3500. The Morgan fingerprint density at radius 1 is 0.339 bits per heavy atom. The van der Waals surface area contributed by atoms with Crippen molar-refractivity contribution in [3.8, 4) is 44.9 Å². The standard InChI is InChI=1S/C59H37NO2/c1-2-13-38(14-3-1)39-25-30-42(31-26-39)60(44-34-35-48-47-17-6-9-22-53(47)61-56(48)37-44)43-32-27-41(28-33-43)46-18-12-21-51-57(46)58-45-16-5-4-15-40(45)29-36-52(58)59(51)49-19-7-10-23-54(49)62-55-24-11-8-20-50(55)59/h1-37H. The lowest BCUT2D eigenvalue weighted by atomic mass is 9.66. The van der Waals surface area contributed by atoms with E-state index in [1.54, 1.807) is 0 Å². The smallest absolute Gasteiger partial charge is 0.137 e. The van der Waals surface area contributed by atoms with Crippen LogP contribution < -0.4 is 9.64 Å². The van der Waals surface area contributed by atoms with Crippen molar-refractivity contribution < 1.29 is 9.15 Å². The van der Waals surface area contributed by atoms with Gasteiger partial charge in [-0.05, 0) is 110 Å². The number of furan rings is 1. The van der Waals surface area contributed by atoms with Crippen molar-refractivity contribution in [2.24, 2.45) is 0 Å². The van der Waals surface area contributed by atoms with Crippen LogP contribution in [0.2, 0.25) is 0 Å². The summed E-state index contributed by atoms with van der Waals surface area (Å²) in [6.07, 6.45) is 0. The highest BCUT2D eigenvalue weighted by molar-refractivity contribution is 6.09. The summed E-state index contributed by atoms with van der Waals surface area (Å²) in [5.41, 5.74) is 16.5. The molecule has 10 aromatic carbocycles. The first-order valence-electron chi connectivity index (χ1n) is 21.2. The number of hydrogen-bond acceptors (Lipinski definition) is 3. The minimum atomic E-state index is -0.561. The first-order valence-corrected chi connectivity index (χ1v) is 21.2. The van der Waals surface area contributed by atoms with Crippen LogP contribution in [-0.2, 0) is 5.41 Å². The monoisotopic (exact) mass is 791 g/mol. The average molecular weight is 792 g/mol. The predicted octanol–water partition coefficient (Wildman–Crippen LogP) is 16.0. The molecule has 290 valence electrons. The molecule has 62 heavy (non-hydrogen) atoms. The number of ether oxygens (including phenoxy) is 1. The molecule has 1 aliphatic heterocycles. The van der Waals surface area contributed by atoms with E-state index in [4.69, 9.17) is 9.15 Å². The van der Waals surface area contributed by atoms with Crippen molar-refractivity contribution >= 4 is 49.8 Å². The molecule has 13 rings (SSSR count). The Kier molecular flexibility index (Phi) is 7.52. The number of benzene rings is 10. The van der Waals surface area contributed by atoms with Gasteiger partial charge in [0.25, 0.3) is 0 Å². The third-order valence-corrected chi connectivity index (χ3v) is 13.1. The van der Waals surface area contributed by atoms with Crippen LogP contribution in [-0.4, -0.2) is 0 Å². The van der Waals surface area contributed by atoms with Crippen molar-refractivity contribution in [2.45, 2.75) is 5.41 Å². The number of rotatable bonds is 5. The molecular formula is C59H37NO2. The maximum absolute atomic E-state index is 6.66. The zero-order valence-electron chi connectivity index (χ0n) is 33.6. The predicted molar refractivity (Wildman–Crippen MR) is 254 cm³/mol. The van der Waals surface area contributed by atoms with E-state index >= 15 is 0 Å². The van der Waals surface area contributed by atoms with Crippen LogP contribution in [0.1, 0.15) is 22.3 Å². The molecule has 11 aromatic rings. The van der Waals surface area contributed by atoms with E-state index < -0.39 is 5.41 Å². The molecular weight excluding hydrogens is 755 g/mol. The fraction of sp³-hybridized carbons (Fsp3) is 0.0169. The van der Waals surface area contributed by atoms with Crippen LogP contribution in [0.3, 0.4) is 0 Å². The molecule has 2 aliphatic rings. The second kappa shape index (κ2) is 13.4. The number of hydrogen-bond donors (Lipinski definition) is 0.